The van der Waals surface area contributed by atoms with Crippen molar-refractivity contribution < 1.29 is 5.11 Å². The molecule has 88 valence electrons. The van der Waals surface area contributed by atoms with Crippen molar-refractivity contribution in [2.75, 3.05) is 5.75 Å². The molecule has 1 N–H and O–H groups in total. The first-order valence-corrected chi connectivity index (χ1v) is 7.08. The molecule has 0 aromatic carbocycles. The molecule has 0 bridgehead atoms. The Hall–Kier alpha value is -0.550. The van der Waals surface area contributed by atoms with Gasteiger partial charge in [0.15, 0.2) is 0 Å². The van der Waals surface area contributed by atoms with Crippen molar-refractivity contribution >= 4 is 11.8 Å². The van der Waals surface area contributed by atoms with Gasteiger partial charge >= 0.3 is 0 Å². The van der Waals surface area contributed by atoms with Crippen LogP contribution in [0.15, 0.2) is 0 Å². The molecule has 3 heterocycles. The second-order valence-electron chi connectivity index (χ2n) is 4.67. The van der Waals surface area contributed by atoms with E-state index in [4.69, 9.17) is 0 Å². The number of aliphatic hydroxyl groups is 1. The fourth-order valence-electron chi connectivity index (χ4n) is 2.53. The second kappa shape index (κ2) is 4.37. The molecule has 2 atom stereocenters. The summed E-state index contributed by atoms with van der Waals surface area (Å²) in [7, 11) is 0. The lowest BCUT2D eigenvalue weighted by molar-refractivity contribution is 0.129. The Labute approximate surface area is 99.4 Å². The molecular weight excluding hydrogens is 222 g/mol. The molecule has 0 radical (unpaired) electrons. The summed E-state index contributed by atoms with van der Waals surface area (Å²) in [5.41, 5.74) is 0. The minimum absolute atomic E-state index is 0.210. The van der Waals surface area contributed by atoms with Crippen LogP contribution < -0.4 is 0 Å². The summed E-state index contributed by atoms with van der Waals surface area (Å²) >= 11 is 2.05. The number of nitrogens with zero attached hydrogens (tertiary/aromatic N) is 3. The maximum absolute atomic E-state index is 9.68. The Kier molecular flexibility index (Phi) is 2.90. The van der Waals surface area contributed by atoms with Crippen LogP contribution in [0.25, 0.3) is 0 Å². The summed E-state index contributed by atoms with van der Waals surface area (Å²) in [6.45, 7) is 0.690. The third-order valence-electron chi connectivity index (χ3n) is 3.43. The van der Waals surface area contributed by atoms with E-state index in [9.17, 15) is 5.11 Å². The Morgan fingerprint density at radius 2 is 2.31 bits per heavy atom. The summed E-state index contributed by atoms with van der Waals surface area (Å²) in [4.78, 5) is 0. The van der Waals surface area contributed by atoms with Crippen molar-refractivity contribution in [3.8, 4) is 0 Å². The first-order chi connectivity index (χ1) is 7.83. The predicted molar refractivity (Wildman–Crippen MR) is 63.5 cm³/mol. The van der Waals surface area contributed by atoms with Gasteiger partial charge in [-0.1, -0.05) is 0 Å². The van der Waals surface area contributed by atoms with Crippen LogP contribution in [0, 0.1) is 0 Å². The molecule has 1 fully saturated rings. The highest BCUT2D eigenvalue weighted by Gasteiger charge is 2.24. The first-order valence-electron chi connectivity index (χ1n) is 6.03. The van der Waals surface area contributed by atoms with Crippen LogP contribution in [0.5, 0.6) is 0 Å². The number of hydrogen-bond acceptors (Lipinski definition) is 4. The standard InChI is InChI=1S/C11H17N3OS/c15-8-3-4-10-12-13-11(14(10)7-8)6-9-2-1-5-16-9/h8-9,15H,1-7H2. The van der Waals surface area contributed by atoms with E-state index in [1.165, 1.54) is 18.6 Å². The van der Waals surface area contributed by atoms with Gasteiger partial charge in [0.2, 0.25) is 0 Å². The summed E-state index contributed by atoms with van der Waals surface area (Å²) in [6.07, 6.45) is 5.14. The highest BCUT2D eigenvalue weighted by atomic mass is 32.2. The number of aliphatic hydroxyl groups excluding tert-OH is 1. The molecule has 1 aromatic heterocycles. The highest BCUT2D eigenvalue weighted by Crippen LogP contribution is 2.29. The minimum atomic E-state index is -0.210. The topological polar surface area (TPSA) is 50.9 Å². The van der Waals surface area contributed by atoms with Crippen LogP contribution in [0.2, 0.25) is 0 Å². The minimum Gasteiger partial charge on any atom is -0.391 e. The molecule has 5 heteroatoms. The molecule has 3 rings (SSSR count). The number of thioether (sulfide) groups is 1. The number of aryl methyl sites for hydroxylation is 1. The van der Waals surface area contributed by atoms with Crippen molar-refractivity contribution in [1.82, 2.24) is 14.8 Å². The van der Waals surface area contributed by atoms with E-state index in [1.54, 1.807) is 0 Å². The lowest BCUT2D eigenvalue weighted by atomic mass is 10.1. The second-order valence-corrected chi connectivity index (χ2v) is 6.08. The van der Waals surface area contributed by atoms with Crippen molar-refractivity contribution in [3.63, 3.8) is 0 Å². The molecule has 0 spiro atoms. The molecule has 2 unspecified atom stereocenters. The van der Waals surface area contributed by atoms with Crippen LogP contribution in [0.1, 0.15) is 30.9 Å². The fourth-order valence-corrected chi connectivity index (χ4v) is 3.79. The molecule has 2 aliphatic heterocycles. The third kappa shape index (κ3) is 1.98. The quantitative estimate of drug-likeness (QED) is 0.837. The van der Waals surface area contributed by atoms with Gasteiger partial charge in [-0.05, 0) is 25.0 Å². The lowest BCUT2D eigenvalue weighted by Crippen LogP contribution is -2.26. The van der Waals surface area contributed by atoms with E-state index in [2.05, 4.69) is 14.8 Å². The average Bonchev–Trinajstić information content (AvgIpc) is 2.90. The number of hydrogen-bond donors (Lipinski definition) is 1. The highest BCUT2D eigenvalue weighted by molar-refractivity contribution is 8.00. The Morgan fingerprint density at radius 3 is 3.12 bits per heavy atom. The number of aromatic nitrogens is 3. The van der Waals surface area contributed by atoms with Crippen LogP contribution in [0.3, 0.4) is 0 Å². The SMILES string of the molecule is OC1CCc2nnc(CC3CCCS3)n2C1. The summed E-state index contributed by atoms with van der Waals surface area (Å²) < 4.78 is 2.13. The molecule has 0 saturated carbocycles. The van der Waals surface area contributed by atoms with Crippen molar-refractivity contribution in [2.24, 2.45) is 0 Å². The van der Waals surface area contributed by atoms with E-state index in [-0.39, 0.29) is 6.10 Å². The van der Waals surface area contributed by atoms with Gasteiger partial charge in [-0.15, -0.1) is 10.2 Å². The van der Waals surface area contributed by atoms with Crippen LogP contribution >= 0.6 is 11.8 Å². The van der Waals surface area contributed by atoms with Gasteiger partial charge in [0.05, 0.1) is 12.6 Å². The lowest BCUT2D eigenvalue weighted by Gasteiger charge is -2.20. The average molecular weight is 239 g/mol. The molecular formula is C11H17N3OS. The van der Waals surface area contributed by atoms with Crippen molar-refractivity contribution in [2.45, 2.75) is 50.0 Å². The van der Waals surface area contributed by atoms with E-state index in [0.29, 0.717) is 11.8 Å². The van der Waals surface area contributed by atoms with E-state index >= 15 is 0 Å². The summed E-state index contributed by atoms with van der Waals surface area (Å²) in [5, 5.41) is 18.9. The van der Waals surface area contributed by atoms with Gasteiger partial charge in [-0.25, -0.2) is 0 Å². The van der Waals surface area contributed by atoms with Crippen LogP contribution in [-0.4, -0.2) is 37.0 Å². The Morgan fingerprint density at radius 1 is 1.38 bits per heavy atom. The molecule has 1 aromatic rings. The number of rotatable bonds is 2. The van der Waals surface area contributed by atoms with Gasteiger partial charge in [0.1, 0.15) is 11.6 Å². The van der Waals surface area contributed by atoms with E-state index in [0.717, 1.165) is 30.9 Å². The predicted octanol–water partition coefficient (Wildman–Crippen LogP) is 1.02. The largest absolute Gasteiger partial charge is 0.391 e. The number of fused-ring (bicyclic) bond motifs is 1. The van der Waals surface area contributed by atoms with Crippen molar-refractivity contribution in [1.29, 1.82) is 0 Å². The monoisotopic (exact) mass is 239 g/mol. The molecule has 2 aliphatic rings. The zero-order chi connectivity index (χ0) is 11.0. The zero-order valence-electron chi connectivity index (χ0n) is 9.30. The van der Waals surface area contributed by atoms with Gasteiger partial charge in [0, 0.05) is 18.1 Å². The first kappa shape index (κ1) is 10.6. The summed E-state index contributed by atoms with van der Waals surface area (Å²) in [6, 6.07) is 0. The van der Waals surface area contributed by atoms with Gasteiger partial charge in [-0.2, -0.15) is 11.8 Å². The van der Waals surface area contributed by atoms with Crippen molar-refractivity contribution in [3.05, 3.63) is 11.6 Å². The molecule has 1 saturated heterocycles. The normalized spacial score (nSPS) is 29.3. The third-order valence-corrected chi connectivity index (χ3v) is 4.83. The van der Waals surface area contributed by atoms with E-state index < -0.39 is 0 Å². The molecule has 4 nitrogen and oxygen atoms in total. The Balaban J connectivity index is 1.77. The molecule has 0 amide bonds. The van der Waals surface area contributed by atoms with Gasteiger partial charge in [0.25, 0.3) is 0 Å². The maximum atomic E-state index is 9.68. The zero-order valence-corrected chi connectivity index (χ0v) is 10.1. The molecule has 0 aliphatic carbocycles. The van der Waals surface area contributed by atoms with Crippen LogP contribution in [0.4, 0.5) is 0 Å². The van der Waals surface area contributed by atoms with E-state index in [1.807, 2.05) is 11.8 Å². The maximum Gasteiger partial charge on any atom is 0.134 e. The van der Waals surface area contributed by atoms with Gasteiger partial charge in [-0.3, -0.25) is 0 Å². The van der Waals surface area contributed by atoms with Gasteiger partial charge < -0.3 is 9.67 Å². The molecule has 16 heavy (non-hydrogen) atoms. The summed E-state index contributed by atoms with van der Waals surface area (Å²) in [5.74, 6) is 3.42. The Bertz CT molecular complexity index is 373. The fraction of sp³-hybridized carbons (Fsp3) is 0.818. The van der Waals surface area contributed by atoms with Crippen LogP contribution in [-0.2, 0) is 19.4 Å². The smallest absolute Gasteiger partial charge is 0.134 e.